The molecule has 0 aromatic heterocycles. The van der Waals surface area contributed by atoms with Crippen LogP contribution in [0.4, 0.5) is 5.69 Å². The van der Waals surface area contributed by atoms with Crippen LogP contribution in [-0.2, 0) is 5.41 Å². The van der Waals surface area contributed by atoms with Crippen molar-refractivity contribution in [3.63, 3.8) is 0 Å². The van der Waals surface area contributed by atoms with E-state index in [4.69, 9.17) is 0 Å². The monoisotopic (exact) mass is 203 g/mol. The lowest BCUT2D eigenvalue weighted by molar-refractivity contribution is 0.590. The summed E-state index contributed by atoms with van der Waals surface area (Å²) in [6, 6.07) is 6.92. The van der Waals surface area contributed by atoms with Crippen molar-refractivity contribution in [2.45, 2.75) is 45.4 Å². The third kappa shape index (κ3) is 1.88. The Morgan fingerprint density at radius 1 is 1.33 bits per heavy atom. The van der Waals surface area contributed by atoms with E-state index in [1.807, 2.05) is 0 Å². The Kier molecular flexibility index (Phi) is 2.49. The normalized spacial score (nSPS) is 19.9. The van der Waals surface area contributed by atoms with Crippen LogP contribution in [-0.4, -0.2) is 6.54 Å². The van der Waals surface area contributed by atoms with E-state index in [-0.39, 0.29) is 5.41 Å². The van der Waals surface area contributed by atoms with Crippen LogP contribution < -0.4 is 5.32 Å². The van der Waals surface area contributed by atoms with Gasteiger partial charge in [0.05, 0.1) is 0 Å². The average molecular weight is 203 g/mol. The maximum Gasteiger partial charge on any atom is 0.0379 e. The molecule has 1 unspecified atom stereocenters. The Hall–Kier alpha value is -0.980. The molecule has 0 radical (unpaired) electrons. The molecule has 1 heteroatoms. The van der Waals surface area contributed by atoms with Gasteiger partial charge in [0.2, 0.25) is 0 Å². The zero-order valence-electron chi connectivity index (χ0n) is 10.2. The van der Waals surface area contributed by atoms with E-state index in [0.717, 1.165) is 6.54 Å². The Morgan fingerprint density at radius 3 is 2.67 bits per heavy atom. The van der Waals surface area contributed by atoms with E-state index in [1.165, 1.54) is 23.2 Å². The molecule has 0 spiro atoms. The number of hydrogen-bond donors (Lipinski definition) is 1. The Labute approximate surface area is 92.9 Å². The summed E-state index contributed by atoms with van der Waals surface area (Å²) >= 11 is 0. The molecule has 0 amide bonds. The second-order valence-electron chi connectivity index (χ2n) is 5.54. The van der Waals surface area contributed by atoms with Gasteiger partial charge in [0.1, 0.15) is 0 Å². The minimum Gasteiger partial charge on any atom is -0.384 e. The van der Waals surface area contributed by atoms with Crippen LogP contribution in [0.3, 0.4) is 0 Å². The number of hydrogen-bond acceptors (Lipinski definition) is 1. The second-order valence-corrected chi connectivity index (χ2v) is 5.54. The summed E-state index contributed by atoms with van der Waals surface area (Å²) in [4.78, 5) is 0. The van der Waals surface area contributed by atoms with Crippen molar-refractivity contribution in [2.75, 3.05) is 11.9 Å². The van der Waals surface area contributed by atoms with Crippen molar-refractivity contribution in [3.05, 3.63) is 29.3 Å². The predicted octanol–water partition coefficient (Wildman–Crippen LogP) is 3.90. The molecule has 0 aliphatic carbocycles. The Balaban J connectivity index is 2.37. The average Bonchev–Trinajstić information content (AvgIpc) is 2.58. The third-order valence-corrected chi connectivity index (χ3v) is 3.39. The fraction of sp³-hybridized carbons (Fsp3) is 0.571. The fourth-order valence-corrected chi connectivity index (χ4v) is 2.24. The van der Waals surface area contributed by atoms with Gasteiger partial charge in [-0.15, -0.1) is 0 Å². The van der Waals surface area contributed by atoms with Gasteiger partial charge in [0, 0.05) is 18.2 Å². The van der Waals surface area contributed by atoms with Gasteiger partial charge in [-0.25, -0.2) is 0 Å². The molecule has 1 N–H and O–H groups in total. The SMILES string of the molecule is CCC1CNc2cc(C(C)(C)C)ccc21. The quantitative estimate of drug-likeness (QED) is 0.730. The molecular formula is C14H21N. The van der Waals surface area contributed by atoms with Crippen molar-refractivity contribution < 1.29 is 0 Å². The maximum atomic E-state index is 3.51. The number of rotatable bonds is 1. The summed E-state index contributed by atoms with van der Waals surface area (Å²) in [6.07, 6.45) is 1.23. The highest BCUT2D eigenvalue weighted by Crippen LogP contribution is 2.36. The van der Waals surface area contributed by atoms with E-state index in [9.17, 15) is 0 Å². The standard InChI is InChI=1S/C14H21N/c1-5-10-9-15-13-8-11(14(2,3)4)6-7-12(10)13/h6-8,10,15H,5,9H2,1-4H3. The van der Waals surface area contributed by atoms with Crippen LogP contribution in [0, 0.1) is 0 Å². The fourth-order valence-electron chi connectivity index (χ4n) is 2.24. The molecule has 82 valence electrons. The van der Waals surface area contributed by atoms with Crippen LogP contribution in [0.25, 0.3) is 0 Å². The van der Waals surface area contributed by atoms with Crippen LogP contribution in [0.2, 0.25) is 0 Å². The van der Waals surface area contributed by atoms with Crippen LogP contribution in [0.15, 0.2) is 18.2 Å². The van der Waals surface area contributed by atoms with Gasteiger partial charge in [-0.2, -0.15) is 0 Å². The Morgan fingerprint density at radius 2 is 2.07 bits per heavy atom. The van der Waals surface area contributed by atoms with Gasteiger partial charge in [-0.3, -0.25) is 0 Å². The van der Waals surface area contributed by atoms with Crippen LogP contribution in [0.5, 0.6) is 0 Å². The van der Waals surface area contributed by atoms with Gasteiger partial charge in [-0.05, 0) is 29.0 Å². The first-order valence-electron chi connectivity index (χ1n) is 5.90. The highest BCUT2D eigenvalue weighted by molar-refractivity contribution is 5.60. The predicted molar refractivity (Wildman–Crippen MR) is 66.7 cm³/mol. The lowest BCUT2D eigenvalue weighted by atomic mass is 9.85. The summed E-state index contributed by atoms with van der Waals surface area (Å²) in [7, 11) is 0. The van der Waals surface area contributed by atoms with Crippen LogP contribution >= 0.6 is 0 Å². The first-order chi connectivity index (χ1) is 7.02. The topological polar surface area (TPSA) is 12.0 Å². The summed E-state index contributed by atoms with van der Waals surface area (Å²) in [5.74, 6) is 0.717. The molecule has 15 heavy (non-hydrogen) atoms. The maximum absolute atomic E-state index is 3.51. The van der Waals surface area contributed by atoms with E-state index in [2.05, 4.69) is 51.2 Å². The first kappa shape index (κ1) is 10.5. The largest absolute Gasteiger partial charge is 0.384 e. The summed E-state index contributed by atoms with van der Waals surface area (Å²) in [6.45, 7) is 10.2. The third-order valence-electron chi connectivity index (χ3n) is 3.39. The molecule has 0 bridgehead atoms. The highest BCUT2D eigenvalue weighted by Gasteiger charge is 2.22. The molecule has 1 heterocycles. The molecule has 1 nitrogen and oxygen atoms in total. The van der Waals surface area contributed by atoms with Crippen molar-refractivity contribution in [1.82, 2.24) is 0 Å². The molecule has 0 saturated heterocycles. The lowest BCUT2D eigenvalue weighted by Crippen LogP contribution is -2.11. The number of fused-ring (bicyclic) bond motifs is 1. The van der Waals surface area contributed by atoms with Crippen LogP contribution in [0.1, 0.15) is 51.2 Å². The Bertz CT molecular complexity index is 360. The minimum atomic E-state index is 0.251. The summed E-state index contributed by atoms with van der Waals surface area (Å²) < 4.78 is 0. The van der Waals surface area contributed by atoms with Crippen molar-refractivity contribution in [3.8, 4) is 0 Å². The number of benzene rings is 1. The van der Waals surface area contributed by atoms with Gasteiger partial charge in [0.25, 0.3) is 0 Å². The van der Waals surface area contributed by atoms with E-state index in [1.54, 1.807) is 0 Å². The van der Waals surface area contributed by atoms with Crippen molar-refractivity contribution >= 4 is 5.69 Å². The van der Waals surface area contributed by atoms with Gasteiger partial charge < -0.3 is 5.32 Å². The van der Waals surface area contributed by atoms with Gasteiger partial charge in [0.15, 0.2) is 0 Å². The molecule has 2 rings (SSSR count). The molecule has 1 atom stereocenters. The molecular weight excluding hydrogens is 182 g/mol. The van der Waals surface area contributed by atoms with E-state index >= 15 is 0 Å². The molecule has 1 aliphatic rings. The molecule has 0 saturated carbocycles. The first-order valence-corrected chi connectivity index (χ1v) is 5.90. The summed E-state index contributed by atoms with van der Waals surface area (Å²) in [5, 5.41) is 3.51. The number of anilines is 1. The second kappa shape index (κ2) is 3.55. The van der Waals surface area contributed by atoms with E-state index in [0.29, 0.717) is 5.92 Å². The molecule has 1 aliphatic heterocycles. The zero-order chi connectivity index (χ0) is 11.1. The number of nitrogens with one attached hydrogen (secondary N) is 1. The smallest absolute Gasteiger partial charge is 0.0379 e. The van der Waals surface area contributed by atoms with Crippen molar-refractivity contribution in [2.24, 2.45) is 0 Å². The molecule has 1 aromatic rings. The highest BCUT2D eigenvalue weighted by atomic mass is 14.9. The summed E-state index contributed by atoms with van der Waals surface area (Å²) in [5.41, 5.74) is 4.53. The molecule has 1 aromatic carbocycles. The lowest BCUT2D eigenvalue weighted by Gasteiger charge is -2.20. The zero-order valence-corrected chi connectivity index (χ0v) is 10.2. The van der Waals surface area contributed by atoms with Gasteiger partial charge in [-0.1, -0.05) is 39.8 Å². The van der Waals surface area contributed by atoms with Gasteiger partial charge >= 0.3 is 0 Å². The van der Waals surface area contributed by atoms with Crippen molar-refractivity contribution in [1.29, 1.82) is 0 Å². The molecule has 0 fully saturated rings. The minimum absolute atomic E-state index is 0.251. The van der Waals surface area contributed by atoms with E-state index < -0.39 is 0 Å².